The second kappa shape index (κ2) is 7.33. The van der Waals surface area contributed by atoms with E-state index in [1.54, 1.807) is 25.3 Å². The summed E-state index contributed by atoms with van der Waals surface area (Å²) in [5, 5.41) is 15.1. The zero-order chi connectivity index (χ0) is 17.9. The maximum atomic E-state index is 12.4. The van der Waals surface area contributed by atoms with Crippen molar-refractivity contribution in [2.45, 2.75) is 32.3 Å². The van der Waals surface area contributed by atoms with Crippen LogP contribution in [0.2, 0.25) is 0 Å². The van der Waals surface area contributed by atoms with E-state index in [0.29, 0.717) is 17.2 Å². The minimum absolute atomic E-state index is 0.329. The van der Waals surface area contributed by atoms with Crippen molar-refractivity contribution in [3.8, 4) is 0 Å². The Kier molecular flexibility index (Phi) is 5.16. The van der Waals surface area contributed by atoms with Gasteiger partial charge in [-0.3, -0.25) is 0 Å². The number of fused-ring (bicyclic) bond motifs is 1. The lowest BCUT2D eigenvalue weighted by molar-refractivity contribution is 0.0501. The summed E-state index contributed by atoms with van der Waals surface area (Å²) in [6.45, 7) is 4.20. The number of aromatic nitrogens is 1. The Balaban J connectivity index is 2.06. The lowest BCUT2D eigenvalue weighted by atomic mass is 9.89. The van der Waals surface area contributed by atoms with Crippen molar-refractivity contribution >= 4 is 28.1 Å². The highest BCUT2D eigenvalue weighted by molar-refractivity contribution is 7.09. The summed E-state index contributed by atoms with van der Waals surface area (Å²) in [6.07, 6.45) is 3.50. The van der Waals surface area contributed by atoms with Gasteiger partial charge in [0.2, 0.25) is 0 Å². The normalized spacial score (nSPS) is 13.6. The number of ether oxygens (including phenoxy) is 1. The number of aliphatic hydroxyl groups is 1. The number of hydrogen-bond acceptors (Lipinski definition) is 5. The number of carbonyl (C=O) groups is 1. The second-order valence-corrected chi connectivity index (χ2v) is 7.00. The van der Waals surface area contributed by atoms with Crippen LogP contribution in [0.25, 0.3) is 10.8 Å². The smallest absolute Gasteiger partial charge is 0.338 e. The first kappa shape index (κ1) is 17.6. The summed E-state index contributed by atoms with van der Waals surface area (Å²) < 4.78 is 5.36. The molecule has 4 nitrogen and oxygen atoms in total. The third kappa shape index (κ3) is 3.43. The molecule has 1 aromatic heterocycles. The number of esters is 1. The van der Waals surface area contributed by atoms with E-state index < -0.39 is 5.60 Å². The Bertz CT molecular complexity index is 872. The van der Waals surface area contributed by atoms with Crippen LogP contribution in [0.1, 0.15) is 47.6 Å². The molecule has 0 radical (unpaired) electrons. The molecular weight excluding hydrogens is 334 g/mol. The van der Waals surface area contributed by atoms with Gasteiger partial charge in [-0.15, -0.1) is 11.3 Å². The molecule has 3 aromatic rings. The molecule has 1 unspecified atom stereocenters. The standard InChI is InChI=1S/C20H21NO3S/c1-3-4-12-24-18(22)16-9-10-17(15-8-6-5-7-14(15)16)20(2,23)19-21-11-13-25-19/h5-11,13,23H,3-4,12H2,1-2H3. The molecule has 0 bridgehead atoms. The van der Waals surface area contributed by atoms with Gasteiger partial charge in [0, 0.05) is 11.6 Å². The number of hydrogen-bond donors (Lipinski definition) is 1. The van der Waals surface area contributed by atoms with Crippen LogP contribution >= 0.6 is 11.3 Å². The van der Waals surface area contributed by atoms with Crippen molar-refractivity contribution in [1.29, 1.82) is 0 Å². The molecule has 3 rings (SSSR count). The molecule has 0 spiro atoms. The van der Waals surface area contributed by atoms with Crippen molar-refractivity contribution < 1.29 is 14.6 Å². The van der Waals surface area contributed by atoms with Crippen LogP contribution in [0.3, 0.4) is 0 Å². The van der Waals surface area contributed by atoms with Gasteiger partial charge in [0.05, 0.1) is 12.2 Å². The molecule has 0 fully saturated rings. The highest BCUT2D eigenvalue weighted by atomic mass is 32.1. The third-order valence-electron chi connectivity index (χ3n) is 4.25. The molecule has 0 aliphatic carbocycles. The first-order valence-electron chi connectivity index (χ1n) is 8.37. The number of thiazole rings is 1. The van der Waals surface area contributed by atoms with Crippen LogP contribution in [0, 0.1) is 0 Å². The minimum Gasteiger partial charge on any atom is -0.462 e. The van der Waals surface area contributed by atoms with E-state index in [4.69, 9.17) is 4.74 Å². The van der Waals surface area contributed by atoms with Crippen molar-refractivity contribution in [1.82, 2.24) is 4.98 Å². The molecule has 0 aliphatic rings. The number of rotatable bonds is 6. The molecule has 0 aliphatic heterocycles. The van der Waals surface area contributed by atoms with Crippen LogP contribution in [-0.2, 0) is 10.3 Å². The molecule has 5 heteroatoms. The summed E-state index contributed by atoms with van der Waals surface area (Å²) in [6, 6.07) is 11.1. The fourth-order valence-corrected chi connectivity index (χ4v) is 3.58. The molecule has 1 heterocycles. The van der Waals surface area contributed by atoms with E-state index in [0.717, 1.165) is 29.2 Å². The topological polar surface area (TPSA) is 59.4 Å². The van der Waals surface area contributed by atoms with Crippen LogP contribution in [0.4, 0.5) is 0 Å². The summed E-state index contributed by atoms with van der Waals surface area (Å²) >= 11 is 1.40. The Labute approximate surface area is 151 Å². The zero-order valence-corrected chi connectivity index (χ0v) is 15.2. The molecule has 0 amide bonds. The van der Waals surface area contributed by atoms with Gasteiger partial charge >= 0.3 is 5.97 Å². The highest BCUT2D eigenvalue weighted by Gasteiger charge is 2.31. The fraction of sp³-hybridized carbons (Fsp3) is 0.300. The van der Waals surface area contributed by atoms with Gasteiger partial charge in [-0.2, -0.15) is 0 Å². The van der Waals surface area contributed by atoms with E-state index >= 15 is 0 Å². The van der Waals surface area contributed by atoms with Crippen molar-refractivity contribution in [2.24, 2.45) is 0 Å². The molecule has 0 saturated heterocycles. The predicted molar refractivity (Wildman–Crippen MR) is 99.9 cm³/mol. The predicted octanol–water partition coefficient (Wildman–Crippen LogP) is 4.51. The first-order valence-corrected chi connectivity index (χ1v) is 9.25. The summed E-state index contributed by atoms with van der Waals surface area (Å²) in [4.78, 5) is 16.7. The number of nitrogens with zero attached hydrogens (tertiary/aromatic N) is 1. The Morgan fingerprint density at radius 3 is 2.68 bits per heavy atom. The highest BCUT2D eigenvalue weighted by Crippen LogP contribution is 2.36. The average Bonchev–Trinajstić information content (AvgIpc) is 3.16. The molecular formula is C20H21NO3S. The van der Waals surface area contributed by atoms with Gasteiger partial charge in [0.1, 0.15) is 10.6 Å². The quantitative estimate of drug-likeness (QED) is 0.522. The Morgan fingerprint density at radius 1 is 1.24 bits per heavy atom. The lowest BCUT2D eigenvalue weighted by Gasteiger charge is -2.24. The summed E-state index contributed by atoms with van der Waals surface area (Å²) in [5.74, 6) is -0.329. The lowest BCUT2D eigenvalue weighted by Crippen LogP contribution is -2.23. The van der Waals surface area contributed by atoms with E-state index in [1.165, 1.54) is 11.3 Å². The van der Waals surface area contributed by atoms with E-state index in [1.807, 2.05) is 29.6 Å². The maximum absolute atomic E-state index is 12.4. The molecule has 1 N–H and O–H groups in total. The maximum Gasteiger partial charge on any atom is 0.338 e. The van der Waals surface area contributed by atoms with Gasteiger partial charge in [-0.25, -0.2) is 9.78 Å². The van der Waals surface area contributed by atoms with Crippen molar-refractivity contribution in [3.63, 3.8) is 0 Å². The number of unbranched alkanes of at least 4 members (excludes halogenated alkanes) is 1. The van der Waals surface area contributed by atoms with Gasteiger partial charge < -0.3 is 9.84 Å². The van der Waals surface area contributed by atoms with Crippen LogP contribution in [0.5, 0.6) is 0 Å². The van der Waals surface area contributed by atoms with Crippen molar-refractivity contribution in [3.05, 3.63) is 64.1 Å². The van der Waals surface area contributed by atoms with Crippen molar-refractivity contribution in [2.75, 3.05) is 6.61 Å². The van der Waals surface area contributed by atoms with Gasteiger partial charge in [0.15, 0.2) is 0 Å². The zero-order valence-electron chi connectivity index (χ0n) is 14.4. The van der Waals surface area contributed by atoms with Crippen LogP contribution < -0.4 is 0 Å². The summed E-state index contributed by atoms with van der Waals surface area (Å²) in [5.41, 5.74) is 0.0202. The third-order valence-corrected chi connectivity index (χ3v) is 5.23. The minimum atomic E-state index is -1.22. The van der Waals surface area contributed by atoms with Gasteiger partial charge in [0.25, 0.3) is 0 Å². The molecule has 130 valence electrons. The second-order valence-electron chi connectivity index (χ2n) is 6.11. The van der Waals surface area contributed by atoms with Gasteiger partial charge in [-0.05, 0) is 35.7 Å². The number of carbonyl (C=O) groups excluding carboxylic acids is 1. The van der Waals surface area contributed by atoms with E-state index in [-0.39, 0.29) is 5.97 Å². The fourth-order valence-electron chi connectivity index (χ4n) is 2.87. The molecule has 2 aromatic carbocycles. The first-order chi connectivity index (χ1) is 12.1. The average molecular weight is 355 g/mol. The molecule has 25 heavy (non-hydrogen) atoms. The monoisotopic (exact) mass is 355 g/mol. The Morgan fingerprint density at radius 2 is 2.00 bits per heavy atom. The van der Waals surface area contributed by atoms with Gasteiger partial charge in [-0.1, -0.05) is 43.7 Å². The van der Waals surface area contributed by atoms with E-state index in [9.17, 15) is 9.90 Å². The van der Waals surface area contributed by atoms with E-state index in [2.05, 4.69) is 11.9 Å². The summed E-state index contributed by atoms with van der Waals surface area (Å²) in [7, 11) is 0. The Hall–Kier alpha value is -2.24. The molecule has 1 atom stereocenters. The molecule has 0 saturated carbocycles. The SMILES string of the molecule is CCCCOC(=O)c1ccc(C(C)(O)c2nccs2)c2ccccc12. The largest absolute Gasteiger partial charge is 0.462 e. The van der Waals surface area contributed by atoms with Crippen LogP contribution in [-0.4, -0.2) is 22.7 Å². The number of benzene rings is 2. The van der Waals surface area contributed by atoms with Crippen LogP contribution in [0.15, 0.2) is 48.0 Å².